The van der Waals surface area contributed by atoms with Gasteiger partial charge in [-0.3, -0.25) is 0 Å². The second kappa shape index (κ2) is 14.4. The Hall–Kier alpha value is -0.720. The minimum Gasteiger partial charge on any atom is -0.489 e. The Morgan fingerprint density at radius 3 is 2.35 bits per heavy atom. The molecular formula is C18H24Cl4N2O2. The molecule has 0 amide bonds. The van der Waals surface area contributed by atoms with Gasteiger partial charge >= 0.3 is 0 Å². The molecular weight excluding hydrogens is 418 g/mol. The monoisotopic (exact) mass is 440 g/mol. The fourth-order valence-electron chi connectivity index (χ4n) is 2.20. The highest BCUT2D eigenvalue weighted by atomic mass is 35.5. The van der Waals surface area contributed by atoms with Crippen molar-refractivity contribution >= 4 is 48.0 Å². The standard InChI is InChI=1S/C18H22Cl2N2O2.2ClH/c19-16-5-6-18(24-13-14-3-1-2-4-17(14)20)15(11-16)12-22-8-7-21-9-10-23;;/h1-6,11,21-23H,7-10,12-13H2;2*1H. The molecule has 0 radical (unpaired) electrons. The summed E-state index contributed by atoms with van der Waals surface area (Å²) < 4.78 is 5.92. The average molecular weight is 442 g/mol. The first-order chi connectivity index (χ1) is 11.7. The van der Waals surface area contributed by atoms with Crippen LogP contribution in [0.25, 0.3) is 0 Å². The van der Waals surface area contributed by atoms with Crippen LogP contribution in [0.5, 0.6) is 5.75 Å². The summed E-state index contributed by atoms with van der Waals surface area (Å²) in [5.74, 6) is 0.787. The van der Waals surface area contributed by atoms with Crippen molar-refractivity contribution in [2.24, 2.45) is 0 Å². The average Bonchev–Trinajstić information content (AvgIpc) is 2.58. The molecule has 0 aliphatic carbocycles. The summed E-state index contributed by atoms with van der Waals surface area (Å²) in [6.45, 7) is 3.39. The molecule has 0 spiro atoms. The van der Waals surface area contributed by atoms with E-state index in [4.69, 9.17) is 33.0 Å². The smallest absolute Gasteiger partial charge is 0.124 e. The SMILES string of the molecule is Cl.Cl.OCCNCCNCc1cc(Cl)ccc1OCc1ccccc1Cl. The number of benzene rings is 2. The van der Waals surface area contributed by atoms with E-state index in [0.717, 1.165) is 30.0 Å². The van der Waals surface area contributed by atoms with Gasteiger partial charge in [-0.1, -0.05) is 41.4 Å². The number of halogens is 4. The predicted molar refractivity (Wildman–Crippen MR) is 113 cm³/mol. The van der Waals surface area contributed by atoms with E-state index in [1.165, 1.54) is 0 Å². The van der Waals surface area contributed by atoms with Gasteiger partial charge in [-0.2, -0.15) is 0 Å². The van der Waals surface area contributed by atoms with E-state index in [0.29, 0.717) is 29.7 Å². The molecule has 3 N–H and O–H groups in total. The molecule has 0 saturated carbocycles. The number of aliphatic hydroxyl groups is 1. The van der Waals surface area contributed by atoms with Crippen LogP contribution >= 0.6 is 48.0 Å². The Morgan fingerprint density at radius 1 is 0.885 bits per heavy atom. The van der Waals surface area contributed by atoms with Crippen LogP contribution in [0.4, 0.5) is 0 Å². The highest BCUT2D eigenvalue weighted by Crippen LogP contribution is 2.25. The number of hydrogen-bond acceptors (Lipinski definition) is 4. The second-order valence-corrected chi connectivity index (χ2v) is 6.13. The molecule has 0 aliphatic heterocycles. The molecule has 0 aliphatic rings. The summed E-state index contributed by atoms with van der Waals surface area (Å²) in [4.78, 5) is 0. The zero-order chi connectivity index (χ0) is 17.2. The molecule has 0 fully saturated rings. The summed E-state index contributed by atoms with van der Waals surface area (Å²) >= 11 is 12.3. The van der Waals surface area contributed by atoms with E-state index in [-0.39, 0.29) is 31.4 Å². The van der Waals surface area contributed by atoms with Crippen LogP contribution in [-0.4, -0.2) is 31.3 Å². The molecule has 4 nitrogen and oxygen atoms in total. The lowest BCUT2D eigenvalue weighted by Gasteiger charge is -2.13. The molecule has 0 saturated heterocycles. The molecule has 26 heavy (non-hydrogen) atoms. The lowest BCUT2D eigenvalue weighted by molar-refractivity contribution is 0.292. The molecule has 0 aromatic heterocycles. The lowest BCUT2D eigenvalue weighted by atomic mass is 10.2. The van der Waals surface area contributed by atoms with Gasteiger partial charge in [-0.25, -0.2) is 0 Å². The van der Waals surface area contributed by atoms with Crippen molar-refractivity contribution in [1.29, 1.82) is 0 Å². The second-order valence-electron chi connectivity index (χ2n) is 5.28. The Labute approximate surface area is 177 Å². The minimum atomic E-state index is 0. The third kappa shape index (κ3) is 8.78. The van der Waals surface area contributed by atoms with Crippen molar-refractivity contribution in [2.75, 3.05) is 26.2 Å². The van der Waals surface area contributed by atoms with Crippen molar-refractivity contribution in [3.8, 4) is 5.75 Å². The van der Waals surface area contributed by atoms with Crippen LogP contribution in [-0.2, 0) is 13.2 Å². The van der Waals surface area contributed by atoms with E-state index in [1.807, 2.05) is 42.5 Å². The molecule has 2 rings (SSSR count). The van der Waals surface area contributed by atoms with Crippen LogP contribution in [0.1, 0.15) is 11.1 Å². The van der Waals surface area contributed by atoms with E-state index in [2.05, 4.69) is 10.6 Å². The molecule has 0 bridgehead atoms. The number of rotatable bonds is 10. The zero-order valence-corrected chi connectivity index (χ0v) is 17.4. The maximum atomic E-state index is 8.72. The fourth-order valence-corrected chi connectivity index (χ4v) is 2.59. The van der Waals surface area contributed by atoms with Gasteiger partial charge in [0.05, 0.1) is 6.61 Å². The predicted octanol–water partition coefficient (Wildman–Crippen LogP) is 4.09. The molecule has 2 aromatic carbocycles. The summed E-state index contributed by atoms with van der Waals surface area (Å²) in [6.07, 6.45) is 0. The van der Waals surface area contributed by atoms with Gasteiger partial charge in [-0.15, -0.1) is 24.8 Å². The first-order valence-corrected chi connectivity index (χ1v) is 8.63. The lowest BCUT2D eigenvalue weighted by Crippen LogP contribution is -2.28. The van der Waals surface area contributed by atoms with Gasteiger partial charge in [0.1, 0.15) is 12.4 Å². The van der Waals surface area contributed by atoms with Gasteiger partial charge in [0.2, 0.25) is 0 Å². The molecule has 146 valence electrons. The maximum absolute atomic E-state index is 8.72. The molecule has 2 aromatic rings. The van der Waals surface area contributed by atoms with Gasteiger partial charge in [0, 0.05) is 47.4 Å². The summed E-state index contributed by atoms with van der Waals surface area (Å²) in [5.41, 5.74) is 1.94. The number of nitrogens with one attached hydrogen (secondary N) is 2. The van der Waals surface area contributed by atoms with Gasteiger partial charge in [0.25, 0.3) is 0 Å². The summed E-state index contributed by atoms with van der Waals surface area (Å²) in [6, 6.07) is 13.2. The van der Waals surface area contributed by atoms with Crippen LogP contribution in [0.15, 0.2) is 42.5 Å². The van der Waals surface area contributed by atoms with Crippen LogP contribution in [0.2, 0.25) is 10.0 Å². The normalized spacial score (nSPS) is 9.96. The largest absolute Gasteiger partial charge is 0.489 e. The van der Waals surface area contributed by atoms with Gasteiger partial charge in [-0.05, 0) is 24.3 Å². The van der Waals surface area contributed by atoms with Crippen LogP contribution in [0.3, 0.4) is 0 Å². The maximum Gasteiger partial charge on any atom is 0.124 e. The van der Waals surface area contributed by atoms with Crippen molar-refractivity contribution < 1.29 is 9.84 Å². The Kier molecular flexibility index (Phi) is 14.0. The molecule has 0 heterocycles. The highest BCUT2D eigenvalue weighted by Gasteiger charge is 2.07. The molecule has 8 heteroatoms. The quantitative estimate of drug-likeness (QED) is 0.486. The fraction of sp³-hybridized carbons (Fsp3) is 0.333. The molecule has 0 unspecified atom stereocenters. The Balaban J connectivity index is 0.00000312. The number of hydrogen-bond donors (Lipinski definition) is 3. The number of ether oxygens (including phenoxy) is 1. The Bertz CT molecular complexity index is 644. The van der Waals surface area contributed by atoms with Gasteiger partial charge < -0.3 is 20.5 Å². The number of aliphatic hydroxyl groups excluding tert-OH is 1. The van der Waals surface area contributed by atoms with E-state index in [9.17, 15) is 0 Å². The molecule has 0 atom stereocenters. The van der Waals surface area contributed by atoms with E-state index < -0.39 is 0 Å². The van der Waals surface area contributed by atoms with Crippen molar-refractivity contribution in [2.45, 2.75) is 13.2 Å². The summed E-state index contributed by atoms with van der Waals surface area (Å²) in [7, 11) is 0. The summed E-state index contributed by atoms with van der Waals surface area (Å²) in [5, 5.41) is 16.5. The van der Waals surface area contributed by atoms with E-state index >= 15 is 0 Å². The minimum absolute atomic E-state index is 0. The van der Waals surface area contributed by atoms with Crippen molar-refractivity contribution in [3.05, 3.63) is 63.6 Å². The van der Waals surface area contributed by atoms with Crippen LogP contribution in [0, 0.1) is 0 Å². The first kappa shape index (κ1) is 25.3. The topological polar surface area (TPSA) is 53.5 Å². The first-order valence-electron chi connectivity index (χ1n) is 7.87. The van der Waals surface area contributed by atoms with Crippen molar-refractivity contribution in [1.82, 2.24) is 10.6 Å². The highest BCUT2D eigenvalue weighted by molar-refractivity contribution is 6.31. The Morgan fingerprint density at radius 2 is 1.62 bits per heavy atom. The third-order valence-corrected chi connectivity index (χ3v) is 4.05. The van der Waals surface area contributed by atoms with Crippen molar-refractivity contribution in [3.63, 3.8) is 0 Å². The van der Waals surface area contributed by atoms with E-state index in [1.54, 1.807) is 0 Å². The van der Waals surface area contributed by atoms with Gasteiger partial charge in [0.15, 0.2) is 0 Å². The zero-order valence-electron chi connectivity index (χ0n) is 14.2. The van der Waals surface area contributed by atoms with Crippen LogP contribution < -0.4 is 15.4 Å². The third-order valence-electron chi connectivity index (χ3n) is 3.45.